The molecular weight excluding hydrogens is 332 g/mol. The highest BCUT2D eigenvalue weighted by Gasteiger charge is 2.41. The van der Waals surface area contributed by atoms with Gasteiger partial charge in [0, 0.05) is 11.1 Å². The minimum Gasteiger partial charge on any atom is -0.479 e. The van der Waals surface area contributed by atoms with Crippen LogP contribution in [0.3, 0.4) is 0 Å². The van der Waals surface area contributed by atoms with E-state index in [1.165, 1.54) is 6.07 Å². The number of carboxylic acids is 1. The van der Waals surface area contributed by atoms with Gasteiger partial charge < -0.3 is 14.9 Å². The maximum atomic E-state index is 12.5. The highest BCUT2D eigenvalue weighted by molar-refractivity contribution is 6.30. The van der Waals surface area contributed by atoms with Gasteiger partial charge in [-0.25, -0.2) is 4.79 Å². The van der Waals surface area contributed by atoms with Crippen LogP contribution in [0.2, 0.25) is 5.02 Å². The maximum Gasteiger partial charge on any atom is 0.334 e. The van der Waals surface area contributed by atoms with Crippen molar-refractivity contribution in [1.82, 2.24) is 10.5 Å². The second-order valence-corrected chi connectivity index (χ2v) is 6.23. The van der Waals surface area contributed by atoms with Gasteiger partial charge in [-0.3, -0.25) is 4.79 Å². The summed E-state index contributed by atoms with van der Waals surface area (Å²) < 4.78 is 5.04. The number of aliphatic carboxylic acids is 1. The number of rotatable bonds is 6. The number of carbonyl (C=O) groups is 2. The minimum atomic E-state index is -1.58. The highest BCUT2D eigenvalue weighted by Crippen LogP contribution is 2.28. The Labute approximate surface area is 144 Å². The van der Waals surface area contributed by atoms with Gasteiger partial charge in [0.2, 0.25) is 5.76 Å². The number of hydrogen-bond donors (Lipinski definition) is 2. The quantitative estimate of drug-likeness (QED) is 0.830. The van der Waals surface area contributed by atoms with Gasteiger partial charge in [0.15, 0.2) is 5.54 Å². The lowest BCUT2D eigenvalue weighted by molar-refractivity contribution is -0.145. The Morgan fingerprint density at radius 2 is 1.96 bits per heavy atom. The van der Waals surface area contributed by atoms with Crippen LogP contribution in [0, 0.1) is 0 Å². The Kier molecular flexibility index (Phi) is 5.29. The molecule has 0 saturated heterocycles. The first-order chi connectivity index (χ1) is 11.3. The van der Waals surface area contributed by atoms with Gasteiger partial charge in [0.25, 0.3) is 5.91 Å². The summed E-state index contributed by atoms with van der Waals surface area (Å²) in [6, 6.07) is 7.86. The molecule has 2 aromatic rings. The molecule has 0 spiro atoms. The van der Waals surface area contributed by atoms with Crippen molar-refractivity contribution in [3.05, 3.63) is 52.4 Å². The largest absolute Gasteiger partial charge is 0.479 e. The van der Waals surface area contributed by atoms with E-state index < -0.39 is 17.4 Å². The molecule has 1 heterocycles. The zero-order valence-corrected chi connectivity index (χ0v) is 14.4. The summed E-state index contributed by atoms with van der Waals surface area (Å²) in [5.41, 5.74) is -0.519. The van der Waals surface area contributed by atoms with Gasteiger partial charge in [-0.1, -0.05) is 49.7 Å². The predicted molar refractivity (Wildman–Crippen MR) is 89.1 cm³/mol. The van der Waals surface area contributed by atoms with Crippen molar-refractivity contribution in [3.63, 3.8) is 0 Å². The van der Waals surface area contributed by atoms with Crippen molar-refractivity contribution in [2.45, 2.75) is 38.6 Å². The van der Waals surface area contributed by atoms with E-state index in [1.54, 1.807) is 31.2 Å². The normalized spacial score (nSPS) is 13.5. The van der Waals surface area contributed by atoms with E-state index in [1.807, 2.05) is 13.8 Å². The summed E-state index contributed by atoms with van der Waals surface area (Å²) in [6.07, 6.45) is 0.154. The number of halogens is 1. The van der Waals surface area contributed by atoms with Crippen LogP contribution < -0.4 is 5.32 Å². The number of nitrogens with one attached hydrogen (secondary N) is 1. The Bertz CT molecular complexity index is 739. The van der Waals surface area contributed by atoms with Crippen molar-refractivity contribution in [2.24, 2.45) is 0 Å². The number of aromatic nitrogens is 1. The van der Waals surface area contributed by atoms with E-state index in [0.717, 1.165) is 0 Å². The first kappa shape index (κ1) is 18.0. The number of hydrogen-bond acceptors (Lipinski definition) is 4. The second kappa shape index (κ2) is 7.05. The standard InChI is InChI=1S/C17H19ClN2O4/c1-4-17(16(22)23,11-5-7-12(18)8-6-11)19-15(21)14-9-13(10(2)3)20-24-14/h5-10H,4H2,1-3H3,(H,19,21)(H,22,23). The molecule has 0 bridgehead atoms. The molecule has 6 nitrogen and oxygen atoms in total. The molecule has 2 N–H and O–H groups in total. The summed E-state index contributed by atoms with van der Waals surface area (Å²) in [5, 5.41) is 16.6. The average Bonchev–Trinajstić information content (AvgIpc) is 3.03. The molecule has 128 valence electrons. The van der Waals surface area contributed by atoms with Gasteiger partial charge >= 0.3 is 5.97 Å². The molecule has 1 unspecified atom stereocenters. The monoisotopic (exact) mass is 350 g/mol. The van der Waals surface area contributed by atoms with Gasteiger partial charge in [0.05, 0.1) is 5.69 Å². The molecule has 0 fully saturated rings. The lowest BCUT2D eigenvalue weighted by Crippen LogP contribution is -2.51. The minimum absolute atomic E-state index is 0.0215. The fraction of sp³-hybridized carbons (Fsp3) is 0.353. The number of amides is 1. The summed E-state index contributed by atoms with van der Waals surface area (Å²) in [4.78, 5) is 24.4. The summed E-state index contributed by atoms with van der Waals surface area (Å²) in [7, 11) is 0. The summed E-state index contributed by atoms with van der Waals surface area (Å²) in [5.74, 6) is -1.72. The third kappa shape index (κ3) is 3.43. The van der Waals surface area contributed by atoms with Crippen LogP contribution in [0.25, 0.3) is 0 Å². The van der Waals surface area contributed by atoms with Crippen molar-refractivity contribution in [3.8, 4) is 0 Å². The second-order valence-electron chi connectivity index (χ2n) is 5.80. The highest BCUT2D eigenvalue weighted by atomic mass is 35.5. The van der Waals surface area contributed by atoms with Crippen LogP contribution >= 0.6 is 11.6 Å². The first-order valence-corrected chi connectivity index (χ1v) is 7.96. The molecule has 1 aromatic heterocycles. The summed E-state index contributed by atoms with van der Waals surface area (Å²) in [6.45, 7) is 5.52. The Morgan fingerprint density at radius 1 is 1.33 bits per heavy atom. The lowest BCUT2D eigenvalue weighted by Gasteiger charge is -2.29. The Morgan fingerprint density at radius 3 is 2.42 bits per heavy atom. The van der Waals surface area contributed by atoms with Crippen LogP contribution in [-0.4, -0.2) is 22.1 Å². The van der Waals surface area contributed by atoms with Gasteiger partial charge in [-0.15, -0.1) is 0 Å². The molecule has 0 aliphatic rings. The fourth-order valence-corrected chi connectivity index (χ4v) is 2.48. The molecule has 1 amide bonds. The molecule has 0 aliphatic heterocycles. The SMILES string of the molecule is CCC(NC(=O)c1cc(C(C)C)no1)(C(=O)O)c1ccc(Cl)cc1. The van der Waals surface area contributed by atoms with Gasteiger partial charge in [0.1, 0.15) is 0 Å². The smallest absolute Gasteiger partial charge is 0.334 e. The number of carboxylic acid groups (broad SMARTS) is 1. The van der Waals surface area contributed by atoms with Crippen molar-refractivity contribution >= 4 is 23.5 Å². The van der Waals surface area contributed by atoms with E-state index in [0.29, 0.717) is 16.3 Å². The maximum absolute atomic E-state index is 12.5. The number of nitrogens with zero attached hydrogens (tertiary/aromatic N) is 1. The third-order valence-corrected chi connectivity index (χ3v) is 4.16. The van der Waals surface area contributed by atoms with E-state index >= 15 is 0 Å². The molecule has 1 aromatic carbocycles. The van der Waals surface area contributed by atoms with E-state index in [4.69, 9.17) is 16.1 Å². The molecule has 0 radical (unpaired) electrons. The zero-order valence-electron chi connectivity index (χ0n) is 13.7. The third-order valence-electron chi connectivity index (χ3n) is 3.90. The first-order valence-electron chi connectivity index (χ1n) is 7.58. The molecule has 1 atom stereocenters. The molecule has 7 heteroatoms. The van der Waals surface area contributed by atoms with Crippen molar-refractivity contribution in [2.75, 3.05) is 0 Å². The van der Waals surface area contributed by atoms with Crippen LogP contribution in [0.15, 0.2) is 34.9 Å². The van der Waals surface area contributed by atoms with Crippen LogP contribution in [0.5, 0.6) is 0 Å². The van der Waals surface area contributed by atoms with Crippen LogP contribution in [-0.2, 0) is 10.3 Å². The molecule has 0 aliphatic carbocycles. The van der Waals surface area contributed by atoms with E-state index in [-0.39, 0.29) is 18.1 Å². The van der Waals surface area contributed by atoms with Crippen molar-refractivity contribution < 1.29 is 19.2 Å². The Balaban J connectivity index is 2.36. The number of carbonyl (C=O) groups excluding carboxylic acids is 1. The van der Waals surface area contributed by atoms with E-state index in [2.05, 4.69) is 10.5 Å². The lowest BCUT2D eigenvalue weighted by atomic mass is 9.87. The van der Waals surface area contributed by atoms with Crippen LogP contribution in [0.4, 0.5) is 0 Å². The van der Waals surface area contributed by atoms with Crippen LogP contribution in [0.1, 0.15) is 54.9 Å². The van der Waals surface area contributed by atoms with Gasteiger partial charge in [-0.2, -0.15) is 0 Å². The fourth-order valence-electron chi connectivity index (χ4n) is 2.35. The molecule has 2 rings (SSSR count). The number of benzene rings is 1. The Hall–Kier alpha value is -2.34. The zero-order chi connectivity index (χ0) is 17.9. The van der Waals surface area contributed by atoms with Gasteiger partial charge in [-0.05, 0) is 30.0 Å². The topological polar surface area (TPSA) is 92.4 Å². The molecule has 0 saturated carbocycles. The predicted octanol–water partition coefficient (Wildman–Crippen LogP) is 3.57. The molecular formula is C17H19ClN2O4. The van der Waals surface area contributed by atoms with Crippen molar-refractivity contribution in [1.29, 1.82) is 0 Å². The molecule has 24 heavy (non-hydrogen) atoms. The average molecular weight is 351 g/mol. The van der Waals surface area contributed by atoms with E-state index in [9.17, 15) is 14.7 Å². The summed E-state index contributed by atoms with van der Waals surface area (Å²) >= 11 is 5.86.